The summed E-state index contributed by atoms with van der Waals surface area (Å²) >= 11 is 6.12. The topological polar surface area (TPSA) is 39.2 Å². The zero-order chi connectivity index (χ0) is 17.3. The van der Waals surface area contributed by atoms with Gasteiger partial charge in [0.05, 0.1) is 5.69 Å². The zero-order valence-electron chi connectivity index (χ0n) is 13.1. The SMILES string of the molecule is CC(=O)OC1CCCCc2c(-c3ccc(F)cc3F)cc(Cl)nc21. The second-order valence-electron chi connectivity index (χ2n) is 5.82. The van der Waals surface area contributed by atoms with Gasteiger partial charge in [-0.05, 0) is 55.0 Å². The van der Waals surface area contributed by atoms with Gasteiger partial charge in [0.25, 0.3) is 0 Å². The molecule has 1 aliphatic carbocycles. The highest BCUT2D eigenvalue weighted by molar-refractivity contribution is 6.29. The first-order chi connectivity index (χ1) is 11.5. The highest BCUT2D eigenvalue weighted by Crippen LogP contribution is 2.38. The molecular weight excluding hydrogens is 336 g/mol. The molecule has 1 unspecified atom stereocenters. The smallest absolute Gasteiger partial charge is 0.303 e. The molecule has 0 saturated carbocycles. The second-order valence-corrected chi connectivity index (χ2v) is 6.21. The van der Waals surface area contributed by atoms with E-state index < -0.39 is 23.7 Å². The van der Waals surface area contributed by atoms with E-state index in [4.69, 9.17) is 16.3 Å². The minimum atomic E-state index is -0.659. The van der Waals surface area contributed by atoms with Crippen molar-refractivity contribution < 1.29 is 18.3 Å². The molecule has 0 radical (unpaired) electrons. The fraction of sp³-hybridized carbons (Fsp3) is 0.333. The number of pyridine rings is 1. The standard InChI is InChI=1S/C18H16ClF2NO2/c1-10(23)24-16-5-3-2-4-13-14(9-17(19)22-18(13)16)12-7-6-11(20)8-15(12)21/h6-9,16H,2-5H2,1H3. The lowest BCUT2D eigenvalue weighted by Gasteiger charge is -2.19. The van der Waals surface area contributed by atoms with Gasteiger partial charge in [0, 0.05) is 18.6 Å². The predicted octanol–water partition coefficient (Wildman–Crippen LogP) is 5.01. The van der Waals surface area contributed by atoms with Crippen LogP contribution >= 0.6 is 11.6 Å². The van der Waals surface area contributed by atoms with Crippen LogP contribution in [0.1, 0.15) is 43.5 Å². The van der Waals surface area contributed by atoms with Gasteiger partial charge in [-0.1, -0.05) is 11.6 Å². The summed E-state index contributed by atoms with van der Waals surface area (Å²) in [6, 6.07) is 5.02. The summed E-state index contributed by atoms with van der Waals surface area (Å²) in [6.07, 6.45) is 2.54. The van der Waals surface area contributed by atoms with Crippen molar-refractivity contribution >= 4 is 17.6 Å². The molecule has 2 aromatic rings. The summed E-state index contributed by atoms with van der Waals surface area (Å²) in [6.45, 7) is 1.34. The molecule has 3 rings (SSSR count). The van der Waals surface area contributed by atoms with Crippen molar-refractivity contribution in [2.75, 3.05) is 0 Å². The monoisotopic (exact) mass is 351 g/mol. The van der Waals surface area contributed by atoms with Crippen LogP contribution in [0.5, 0.6) is 0 Å². The van der Waals surface area contributed by atoms with Crippen LogP contribution in [-0.2, 0) is 16.0 Å². The Balaban J connectivity index is 2.18. The molecule has 1 aromatic carbocycles. The molecule has 1 heterocycles. The molecule has 0 amide bonds. The summed E-state index contributed by atoms with van der Waals surface area (Å²) in [4.78, 5) is 15.7. The molecule has 126 valence electrons. The molecule has 0 spiro atoms. The van der Waals surface area contributed by atoms with Crippen LogP contribution in [0, 0.1) is 11.6 Å². The van der Waals surface area contributed by atoms with Crippen LogP contribution in [0.2, 0.25) is 5.15 Å². The van der Waals surface area contributed by atoms with Crippen molar-refractivity contribution in [3.8, 4) is 11.1 Å². The third kappa shape index (κ3) is 3.41. The number of carbonyl (C=O) groups is 1. The largest absolute Gasteiger partial charge is 0.456 e. The van der Waals surface area contributed by atoms with Gasteiger partial charge in [-0.25, -0.2) is 13.8 Å². The van der Waals surface area contributed by atoms with E-state index in [2.05, 4.69) is 4.98 Å². The van der Waals surface area contributed by atoms with Gasteiger partial charge in [0.15, 0.2) is 0 Å². The number of esters is 1. The van der Waals surface area contributed by atoms with E-state index in [1.807, 2.05) is 0 Å². The molecule has 3 nitrogen and oxygen atoms in total. The van der Waals surface area contributed by atoms with E-state index in [-0.39, 0.29) is 10.7 Å². The van der Waals surface area contributed by atoms with Crippen LogP contribution in [0.25, 0.3) is 11.1 Å². The number of aromatic nitrogens is 1. The van der Waals surface area contributed by atoms with E-state index in [1.165, 1.54) is 19.1 Å². The lowest BCUT2D eigenvalue weighted by molar-refractivity contribution is -0.147. The molecule has 0 saturated heterocycles. The summed E-state index contributed by atoms with van der Waals surface area (Å²) < 4.78 is 32.9. The third-order valence-electron chi connectivity index (χ3n) is 4.10. The Morgan fingerprint density at radius 2 is 2.04 bits per heavy atom. The number of hydrogen-bond acceptors (Lipinski definition) is 3. The highest BCUT2D eigenvalue weighted by atomic mass is 35.5. The summed E-state index contributed by atoms with van der Waals surface area (Å²) in [5.74, 6) is -1.70. The van der Waals surface area contributed by atoms with Crippen molar-refractivity contribution in [3.05, 3.63) is 52.3 Å². The van der Waals surface area contributed by atoms with E-state index in [1.54, 1.807) is 6.07 Å². The van der Waals surface area contributed by atoms with Gasteiger partial charge in [-0.3, -0.25) is 4.79 Å². The molecule has 0 bridgehead atoms. The Morgan fingerprint density at radius 3 is 2.75 bits per heavy atom. The Kier molecular flexibility index (Phi) is 4.81. The second kappa shape index (κ2) is 6.85. The number of rotatable bonds is 2. The van der Waals surface area contributed by atoms with Crippen LogP contribution in [0.15, 0.2) is 24.3 Å². The van der Waals surface area contributed by atoms with Crippen LogP contribution < -0.4 is 0 Å². The number of nitrogens with zero attached hydrogens (tertiary/aromatic N) is 1. The van der Waals surface area contributed by atoms with Crippen molar-refractivity contribution in [1.29, 1.82) is 0 Å². The normalized spacial score (nSPS) is 17.1. The first-order valence-corrected chi connectivity index (χ1v) is 8.15. The summed E-state index contributed by atoms with van der Waals surface area (Å²) in [7, 11) is 0. The minimum Gasteiger partial charge on any atom is -0.456 e. The molecule has 0 aliphatic heterocycles. The lowest BCUT2D eigenvalue weighted by Crippen LogP contribution is -2.12. The first-order valence-electron chi connectivity index (χ1n) is 7.77. The van der Waals surface area contributed by atoms with E-state index >= 15 is 0 Å². The van der Waals surface area contributed by atoms with E-state index in [0.717, 1.165) is 24.5 Å². The van der Waals surface area contributed by atoms with Gasteiger partial charge in [0.1, 0.15) is 22.9 Å². The Bertz CT molecular complexity index is 795. The highest BCUT2D eigenvalue weighted by Gasteiger charge is 2.26. The maximum Gasteiger partial charge on any atom is 0.303 e. The average molecular weight is 352 g/mol. The molecule has 6 heteroatoms. The van der Waals surface area contributed by atoms with Gasteiger partial charge in [0.2, 0.25) is 0 Å². The van der Waals surface area contributed by atoms with E-state index in [9.17, 15) is 13.6 Å². The van der Waals surface area contributed by atoms with Crippen LogP contribution in [0.4, 0.5) is 8.78 Å². The van der Waals surface area contributed by atoms with Crippen molar-refractivity contribution in [2.45, 2.75) is 38.7 Å². The molecule has 24 heavy (non-hydrogen) atoms. The first kappa shape index (κ1) is 16.8. The van der Waals surface area contributed by atoms with Crippen molar-refractivity contribution in [1.82, 2.24) is 4.98 Å². The Morgan fingerprint density at radius 1 is 1.25 bits per heavy atom. The molecule has 1 atom stereocenters. The number of ether oxygens (including phenoxy) is 1. The fourth-order valence-corrected chi connectivity index (χ4v) is 3.32. The number of halogens is 3. The summed E-state index contributed by atoms with van der Waals surface area (Å²) in [5, 5.41) is 0.187. The Hall–Kier alpha value is -2.01. The van der Waals surface area contributed by atoms with Crippen LogP contribution in [-0.4, -0.2) is 11.0 Å². The van der Waals surface area contributed by atoms with Crippen LogP contribution in [0.3, 0.4) is 0 Å². The third-order valence-corrected chi connectivity index (χ3v) is 4.30. The van der Waals surface area contributed by atoms with Crippen molar-refractivity contribution in [3.63, 3.8) is 0 Å². The fourth-order valence-electron chi connectivity index (χ4n) is 3.12. The summed E-state index contributed by atoms with van der Waals surface area (Å²) in [5.41, 5.74) is 2.20. The molecule has 1 aliphatic rings. The number of benzene rings is 1. The lowest BCUT2D eigenvalue weighted by atomic mass is 9.95. The molecule has 1 aromatic heterocycles. The molecular formula is C18H16ClF2NO2. The number of carbonyl (C=O) groups excluding carboxylic acids is 1. The maximum absolute atomic E-state index is 14.3. The van der Waals surface area contributed by atoms with Gasteiger partial charge in [-0.15, -0.1) is 0 Å². The van der Waals surface area contributed by atoms with Gasteiger partial charge in [-0.2, -0.15) is 0 Å². The number of hydrogen-bond donors (Lipinski definition) is 0. The quantitative estimate of drug-likeness (QED) is 0.433. The minimum absolute atomic E-state index is 0.187. The van der Waals surface area contributed by atoms with Gasteiger partial charge >= 0.3 is 5.97 Å². The molecule has 0 fully saturated rings. The predicted molar refractivity (Wildman–Crippen MR) is 86.7 cm³/mol. The van der Waals surface area contributed by atoms with Crippen molar-refractivity contribution in [2.24, 2.45) is 0 Å². The zero-order valence-corrected chi connectivity index (χ0v) is 13.9. The average Bonchev–Trinajstić information content (AvgIpc) is 2.69. The van der Waals surface area contributed by atoms with Gasteiger partial charge < -0.3 is 4.74 Å². The molecule has 0 N–H and O–H groups in total. The number of fused-ring (bicyclic) bond motifs is 1. The van der Waals surface area contributed by atoms with E-state index in [0.29, 0.717) is 24.1 Å². The maximum atomic E-state index is 14.3. The Labute approximate surface area is 143 Å².